The lowest BCUT2D eigenvalue weighted by Crippen LogP contribution is -2.43. The summed E-state index contributed by atoms with van der Waals surface area (Å²) in [6.07, 6.45) is 3.33. The molecule has 0 spiro atoms. The zero-order valence-corrected chi connectivity index (χ0v) is 12.1. The SMILES string of the molecule is Cc1ccc(S(=O)(=O)N2CCCCC2CCO)s1. The number of hydrogen-bond acceptors (Lipinski definition) is 4. The Morgan fingerprint density at radius 1 is 1.44 bits per heavy atom. The Morgan fingerprint density at radius 3 is 2.83 bits per heavy atom. The lowest BCUT2D eigenvalue weighted by atomic mass is 10.0. The Kier molecular flexibility index (Phi) is 4.42. The molecule has 1 unspecified atom stereocenters. The van der Waals surface area contributed by atoms with Crippen LogP contribution in [0.25, 0.3) is 0 Å². The molecular formula is C12H19NO3S2. The number of piperidine rings is 1. The Bertz CT molecular complexity index is 493. The van der Waals surface area contributed by atoms with Crippen LogP contribution in [-0.2, 0) is 10.0 Å². The van der Waals surface area contributed by atoms with Gasteiger partial charge in [-0.25, -0.2) is 8.42 Å². The molecule has 18 heavy (non-hydrogen) atoms. The lowest BCUT2D eigenvalue weighted by Gasteiger charge is -2.33. The fourth-order valence-electron chi connectivity index (χ4n) is 2.39. The van der Waals surface area contributed by atoms with Gasteiger partial charge in [0, 0.05) is 24.1 Å². The molecule has 6 heteroatoms. The summed E-state index contributed by atoms with van der Waals surface area (Å²) in [6, 6.07) is 3.47. The Labute approximate surface area is 112 Å². The van der Waals surface area contributed by atoms with Crippen molar-refractivity contribution >= 4 is 21.4 Å². The molecule has 0 saturated carbocycles. The number of aryl methyl sites for hydroxylation is 1. The van der Waals surface area contributed by atoms with Crippen LogP contribution < -0.4 is 0 Å². The summed E-state index contributed by atoms with van der Waals surface area (Å²) in [5.74, 6) is 0. The molecule has 1 atom stereocenters. The van der Waals surface area contributed by atoms with Gasteiger partial charge in [0.15, 0.2) is 0 Å². The molecule has 0 aliphatic carbocycles. The summed E-state index contributed by atoms with van der Waals surface area (Å²) in [4.78, 5) is 1.00. The fourth-order valence-corrected chi connectivity index (χ4v) is 5.53. The van der Waals surface area contributed by atoms with Crippen molar-refractivity contribution < 1.29 is 13.5 Å². The van der Waals surface area contributed by atoms with Crippen LogP contribution in [0.3, 0.4) is 0 Å². The summed E-state index contributed by atoms with van der Waals surface area (Å²) in [5, 5.41) is 9.06. The van der Waals surface area contributed by atoms with Gasteiger partial charge in [0.2, 0.25) is 0 Å². The molecule has 0 aromatic carbocycles. The van der Waals surface area contributed by atoms with Crippen molar-refractivity contribution in [3.05, 3.63) is 17.0 Å². The monoisotopic (exact) mass is 289 g/mol. The van der Waals surface area contributed by atoms with Crippen LogP contribution in [-0.4, -0.2) is 37.0 Å². The minimum atomic E-state index is -3.37. The summed E-state index contributed by atoms with van der Waals surface area (Å²) < 4.78 is 27.1. The maximum atomic E-state index is 12.5. The molecule has 1 aromatic rings. The van der Waals surface area contributed by atoms with Gasteiger partial charge in [-0.2, -0.15) is 4.31 Å². The number of aliphatic hydroxyl groups excluding tert-OH is 1. The van der Waals surface area contributed by atoms with Crippen LogP contribution >= 0.6 is 11.3 Å². The Morgan fingerprint density at radius 2 is 2.22 bits per heavy atom. The van der Waals surface area contributed by atoms with Crippen LogP contribution in [0.1, 0.15) is 30.6 Å². The number of hydrogen-bond donors (Lipinski definition) is 1. The number of rotatable bonds is 4. The van der Waals surface area contributed by atoms with Gasteiger partial charge in [-0.3, -0.25) is 0 Å². The summed E-state index contributed by atoms with van der Waals surface area (Å²) >= 11 is 1.32. The van der Waals surface area contributed by atoms with Crippen molar-refractivity contribution in [2.75, 3.05) is 13.2 Å². The molecule has 1 aliphatic rings. The smallest absolute Gasteiger partial charge is 0.252 e. The number of nitrogens with zero attached hydrogens (tertiary/aromatic N) is 1. The molecule has 2 heterocycles. The third-order valence-corrected chi connectivity index (χ3v) is 6.73. The van der Waals surface area contributed by atoms with E-state index in [9.17, 15) is 8.42 Å². The minimum absolute atomic E-state index is 0.0418. The van der Waals surface area contributed by atoms with E-state index in [0.29, 0.717) is 17.2 Å². The second-order valence-electron chi connectivity index (χ2n) is 4.64. The van der Waals surface area contributed by atoms with Crippen molar-refractivity contribution in [1.82, 2.24) is 4.31 Å². The molecule has 0 radical (unpaired) electrons. The van der Waals surface area contributed by atoms with Crippen molar-refractivity contribution in [2.45, 2.75) is 42.9 Å². The zero-order chi connectivity index (χ0) is 13.2. The minimum Gasteiger partial charge on any atom is -0.396 e. The van der Waals surface area contributed by atoms with Crippen LogP contribution in [0.2, 0.25) is 0 Å². The predicted octanol–water partition coefficient (Wildman–Crippen LogP) is 1.98. The first-order valence-electron chi connectivity index (χ1n) is 6.25. The van der Waals surface area contributed by atoms with Gasteiger partial charge in [-0.15, -0.1) is 11.3 Å². The molecule has 1 aromatic heterocycles. The highest BCUT2D eigenvalue weighted by molar-refractivity contribution is 7.91. The fraction of sp³-hybridized carbons (Fsp3) is 0.667. The molecule has 0 amide bonds. The summed E-state index contributed by atoms with van der Waals surface area (Å²) in [5.41, 5.74) is 0. The van der Waals surface area contributed by atoms with E-state index in [-0.39, 0.29) is 12.6 Å². The lowest BCUT2D eigenvalue weighted by molar-refractivity contribution is 0.193. The first-order valence-corrected chi connectivity index (χ1v) is 8.50. The van der Waals surface area contributed by atoms with Crippen LogP contribution in [0, 0.1) is 6.92 Å². The van der Waals surface area contributed by atoms with Gasteiger partial charge >= 0.3 is 0 Å². The predicted molar refractivity (Wildman–Crippen MR) is 72.3 cm³/mol. The maximum absolute atomic E-state index is 12.5. The number of aliphatic hydroxyl groups is 1. The molecule has 0 bridgehead atoms. The van der Waals surface area contributed by atoms with Gasteiger partial charge in [-0.05, 0) is 38.3 Å². The van der Waals surface area contributed by atoms with E-state index in [1.165, 1.54) is 11.3 Å². The Hall–Kier alpha value is -0.430. The van der Waals surface area contributed by atoms with Gasteiger partial charge in [0.05, 0.1) is 0 Å². The van der Waals surface area contributed by atoms with Gasteiger partial charge < -0.3 is 5.11 Å². The van der Waals surface area contributed by atoms with Crippen LogP contribution in [0.5, 0.6) is 0 Å². The molecule has 1 saturated heterocycles. The van der Waals surface area contributed by atoms with Crippen molar-refractivity contribution in [2.24, 2.45) is 0 Å². The van der Waals surface area contributed by atoms with Crippen molar-refractivity contribution in [1.29, 1.82) is 0 Å². The number of sulfonamides is 1. The van der Waals surface area contributed by atoms with E-state index >= 15 is 0 Å². The third-order valence-electron chi connectivity index (χ3n) is 3.31. The number of thiophene rings is 1. The van der Waals surface area contributed by atoms with Crippen molar-refractivity contribution in [3.63, 3.8) is 0 Å². The Balaban J connectivity index is 2.27. The summed E-state index contributed by atoms with van der Waals surface area (Å²) in [6.45, 7) is 2.52. The van der Waals surface area contributed by atoms with Gasteiger partial charge in [0.25, 0.3) is 10.0 Å². The van der Waals surface area contributed by atoms with Crippen molar-refractivity contribution in [3.8, 4) is 0 Å². The molecular weight excluding hydrogens is 270 g/mol. The quantitative estimate of drug-likeness (QED) is 0.922. The molecule has 102 valence electrons. The first kappa shape index (κ1) is 14.0. The highest BCUT2D eigenvalue weighted by Gasteiger charge is 2.33. The second-order valence-corrected chi connectivity index (χ2v) is 8.05. The normalized spacial score (nSPS) is 22.2. The second kappa shape index (κ2) is 5.69. The molecule has 1 fully saturated rings. The van der Waals surface area contributed by atoms with E-state index in [1.807, 2.05) is 13.0 Å². The molecule has 2 rings (SSSR count). The standard InChI is InChI=1S/C12H19NO3S2/c1-10-5-6-12(17-10)18(15,16)13-8-3-2-4-11(13)7-9-14/h5-6,11,14H,2-4,7-9H2,1H3. The van der Waals surface area contributed by atoms with E-state index < -0.39 is 10.0 Å². The van der Waals surface area contributed by atoms with E-state index in [2.05, 4.69) is 0 Å². The highest BCUT2D eigenvalue weighted by Crippen LogP contribution is 2.30. The van der Waals surface area contributed by atoms with Gasteiger partial charge in [0.1, 0.15) is 4.21 Å². The average molecular weight is 289 g/mol. The largest absolute Gasteiger partial charge is 0.396 e. The highest BCUT2D eigenvalue weighted by atomic mass is 32.2. The van der Waals surface area contributed by atoms with E-state index in [4.69, 9.17) is 5.11 Å². The van der Waals surface area contributed by atoms with Gasteiger partial charge in [-0.1, -0.05) is 6.42 Å². The van der Waals surface area contributed by atoms with E-state index in [1.54, 1.807) is 10.4 Å². The third kappa shape index (κ3) is 2.77. The first-order chi connectivity index (χ1) is 8.55. The maximum Gasteiger partial charge on any atom is 0.252 e. The van der Waals surface area contributed by atoms with Crippen LogP contribution in [0.4, 0.5) is 0 Å². The molecule has 1 N–H and O–H groups in total. The molecule has 1 aliphatic heterocycles. The van der Waals surface area contributed by atoms with E-state index in [0.717, 1.165) is 24.1 Å². The zero-order valence-electron chi connectivity index (χ0n) is 10.5. The van der Waals surface area contributed by atoms with Crippen LogP contribution in [0.15, 0.2) is 16.3 Å². The topological polar surface area (TPSA) is 57.6 Å². The molecule has 4 nitrogen and oxygen atoms in total. The average Bonchev–Trinajstić information content (AvgIpc) is 2.78. The summed E-state index contributed by atoms with van der Waals surface area (Å²) in [7, 11) is -3.37.